The second-order valence-corrected chi connectivity index (χ2v) is 5.60. The highest BCUT2D eigenvalue weighted by atomic mass is 16.7. The van der Waals surface area contributed by atoms with Crippen LogP contribution in [-0.2, 0) is 19.0 Å². The number of nitrogens with one attached hydrogen (secondary N) is 1. The molecule has 7 nitrogen and oxygen atoms in total. The monoisotopic (exact) mass is 373 g/mol. The molecular formula is C20H23NO6. The third-order valence-corrected chi connectivity index (χ3v) is 3.86. The van der Waals surface area contributed by atoms with Gasteiger partial charge in [-0.05, 0) is 36.9 Å². The average molecular weight is 373 g/mol. The number of methoxy groups -OCH3 is 2. The van der Waals surface area contributed by atoms with Crippen molar-refractivity contribution in [3.8, 4) is 5.75 Å². The van der Waals surface area contributed by atoms with Gasteiger partial charge in [-0.25, -0.2) is 4.79 Å². The van der Waals surface area contributed by atoms with Crippen LogP contribution in [0.25, 0.3) is 0 Å². The smallest absolute Gasteiger partial charge is 0.338 e. The predicted octanol–water partition coefficient (Wildman–Crippen LogP) is 2.33. The lowest BCUT2D eigenvalue weighted by atomic mass is 10.0. The van der Waals surface area contributed by atoms with Crippen LogP contribution in [-0.4, -0.2) is 46.0 Å². The standard InChI is InChI=1S/C20H23NO6/c1-21-17(20(23)25-3)18(27-19(22)15-7-5-4-6-8-15)14-9-11-16(12-10-14)26-13-24-2/h4-12,17-18,21H,13H2,1-3H3/t17-,18-/m1/s1. The van der Waals surface area contributed by atoms with Crippen LogP contribution in [0.3, 0.4) is 0 Å². The Morgan fingerprint density at radius 2 is 1.67 bits per heavy atom. The Balaban J connectivity index is 2.28. The summed E-state index contributed by atoms with van der Waals surface area (Å²) in [6.07, 6.45) is -0.883. The van der Waals surface area contributed by atoms with Crippen molar-refractivity contribution < 1.29 is 28.5 Å². The molecule has 7 heteroatoms. The van der Waals surface area contributed by atoms with Crippen LogP contribution < -0.4 is 10.1 Å². The van der Waals surface area contributed by atoms with Gasteiger partial charge >= 0.3 is 11.9 Å². The van der Waals surface area contributed by atoms with Crippen LogP contribution >= 0.6 is 0 Å². The lowest BCUT2D eigenvalue weighted by molar-refractivity contribution is -0.146. The van der Waals surface area contributed by atoms with Crippen molar-refractivity contribution in [1.82, 2.24) is 5.32 Å². The first kappa shape index (κ1) is 20.4. The SMILES string of the molecule is CN[C@@H](C(=O)OC)[C@H](OC(=O)c1ccccc1)c1ccc(OCOC)cc1. The number of rotatable bonds is 9. The Morgan fingerprint density at radius 3 is 2.22 bits per heavy atom. The molecular weight excluding hydrogens is 350 g/mol. The van der Waals surface area contributed by atoms with Crippen LogP contribution in [0.15, 0.2) is 54.6 Å². The van der Waals surface area contributed by atoms with Crippen molar-refractivity contribution in [3.63, 3.8) is 0 Å². The van der Waals surface area contributed by atoms with E-state index in [1.807, 2.05) is 0 Å². The van der Waals surface area contributed by atoms with E-state index in [0.29, 0.717) is 16.9 Å². The van der Waals surface area contributed by atoms with Crippen LogP contribution in [0, 0.1) is 0 Å². The molecule has 1 N–H and O–H groups in total. The Hall–Kier alpha value is -2.90. The molecule has 0 aromatic heterocycles. The van der Waals surface area contributed by atoms with Gasteiger partial charge in [0.25, 0.3) is 0 Å². The highest BCUT2D eigenvalue weighted by molar-refractivity contribution is 5.90. The predicted molar refractivity (Wildman–Crippen MR) is 98.4 cm³/mol. The molecule has 0 fully saturated rings. The van der Waals surface area contributed by atoms with E-state index >= 15 is 0 Å². The molecule has 2 aromatic rings. The van der Waals surface area contributed by atoms with Crippen molar-refractivity contribution in [2.24, 2.45) is 0 Å². The number of likely N-dealkylation sites (N-methyl/N-ethyl adjacent to an activating group) is 1. The Morgan fingerprint density at radius 1 is 1.00 bits per heavy atom. The largest absolute Gasteiger partial charge is 0.468 e. The molecule has 0 aliphatic heterocycles. The van der Waals surface area contributed by atoms with E-state index in [9.17, 15) is 9.59 Å². The van der Waals surface area contributed by atoms with Gasteiger partial charge in [-0.2, -0.15) is 0 Å². The lowest BCUT2D eigenvalue weighted by Gasteiger charge is -2.25. The van der Waals surface area contributed by atoms with Gasteiger partial charge in [0.1, 0.15) is 11.8 Å². The summed E-state index contributed by atoms with van der Waals surface area (Å²) in [5.41, 5.74) is 1.01. The van der Waals surface area contributed by atoms with Gasteiger partial charge in [-0.3, -0.25) is 4.79 Å². The van der Waals surface area contributed by atoms with Gasteiger partial charge in [0, 0.05) is 7.11 Å². The van der Waals surface area contributed by atoms with E-state index in [-0.39, 0.29) is 6.79 Å². The minimum atomic E-state index is -0.883. The van der Waals surface area contributed by atoms with Crippen LogP contribution in [0.2, 0.25) is 0 Å². The van der Waals surface area contributed by atoms with Crippen molar-refractivity contribution >= 4 is 11.9 Å². The first-order chi connectivity index (χ1) is 13.1. The fourth-order valence-electron chi connectivity index (χ4n) is 2.49. The highest BCUT2D eigenvalue weighted by Crippen LogP contribution is 2.26. The van der Waals surface area contributed by atoms with Crippen molar-refractivity contribution in [2.75, 3.05) is 28.1 Å². The highest BCUT2D eigenvalue weighted by Gasteiger charge is 2.33. The van der Waals surface area contributed by atoms with Crippen molar-refractivity contribution in [2.45, 2.75) is 12.1 Å². The summed E-state index contributed by atoms with van der Waals surface area (Å²) >= 11 is 0. The molecule has 0 saturated carbocycles. The van der Waals surface area contributed by atoms with E-state index in [2.05, 4.69) is 5.32 Å². The molecule has 2 atom stereocenters. The van der Waals surface area contributed by atoms with E-state index in [1.54, 1.807) is 61.6 Å². The van der Waals surface area contributed by atoms with Gasteiger partial charge in [-0.1, -0.05) is 30.3 Å². The summed E-state index contributed by atoms with van der Waals surface area (Å²) < 4.78 is 20.7. The number of ether oxygens (including phenoxy) is 4. The summed E-state index contributed by atoms with van der Waals surface area (Å²) in [6, 6.07) is 14.6. The number of hydrogen-bond acceptors (Lipinski definition) is 7. The van der Waals surface area contributed by atoms with Gasteiger partial charge in [0.15, 0.2) is 12.9 Å². The fourth-order valence-corrected chi connectivity index (χ4v) is 2.49. The normalized spacial score (nSPS) is 12.7. The third-order valence-electron chi connectivity index (χ3n) is 3.86. The van der Waals surface area contributed by atoms with Gasteiger partial charge in [0.05, 0.1) is 12.7 Å². The zero-order valence-electron chi connectivity index (χ0n) is 15.5. The molecule has 0 saturated heterocycles. The molecule has 2 aromatic carbocycles. The Labute approximate surface area is 158 Å². The van der Waals surface area contributed by atoms with E-state index in [1.165, 1.54) is 14.2 Å². The van der Waals surface area contributed by atoms with Crippen molar-refractivity contribution in [3.05, 3.63) is 65.7 Å². The Kier molecular flexibility index (Phi) is 7.79. The number of benzene rings is 2. The topological polar surface area (TPSA) is 83.1 Å². The van der Waals surface area contributed by atoms with Gasteiger partial charge in [-0.15, -0.1) is 0 Å². The molecule has 0 amide bonds. The number of carbonyl (C=O) groups excluding carboxylic acids is 2. The molecule has 0 aliphatic carbocycles. The molecule has 0 aliphatic rings. The molecule has 27 heavy (non-hydrogen) atoms. The zero-order chi connectivity index (χ0) is 19.6. The fraction of sp³-hybridized carbons (Fsp3) is 0.300. The Bertz CT molecular complexity index is 732. The van der Waals surface area contributed by atoms with Crippen molar-refractivity contribution in [1.29, 1.82) is 0 Å². The summed E-state index contributed by atoms with van der Waals surface area (Å²) in [6.45, 7) is 0.118. The second kappa shape index (κ2) is 10.3. The first-order valence-corrected chi connectivity index (χ1v) is 8.33. The lowest BCUT2D eigenvalue weighted by Crippen LogP contribution is -2.42. The molecule has 0 heterocycles. The van der Waals surface area contributed by atoms with E-state index in [0.717, 1.165) is 0 Å². The average Bonchev–Trinajstić information content (AvgIpc) is 2.72. The second-order valence-electron chi connectivity index (χ2n) is 5.60. The molecule has 0 radical (unpaired) electrons. The summed E-state index contributed by atoms with van der Waals surface area (Å²) in [5, 5.41) is 2.85. The van der Waals surface area contributed by atoms with Gasteiger partial charge in [0.2, 0.25) is 0 Å². The quantitative estimate of drug-likeness (QED) is 0.533. The first-order valence-electron chi connectivity index (χ1n) is 8.33. The molecule has 0 bridgehead atoms. The third kappa shape index (κ3) is 5.54. The number of hydrogen-bond donors (Lipinski definition) is 1. The number of esters is 2. The van der Waals surface area contributed by atoms with Crippen LogP contribution in [0.1, 0.15) is 22.0 Å². The maximum absolute atomic E-state index is 12.5. The summed E-state index contributed by atoms with van der Waals surface area (Å²) in [7, 11) is 4.41. The van der Waals surface area contributed by atoms with Crippen LogP contribution in [0.5, 0.6) is 5.75 Å². The minimum absolute atomic E-state index is 0.118. The van der Waals surface area contributed by atoms with E-state index in [4.69, 9.17) is 18.9 Å². The van der Waals surface area contributed by atoms with Crippen LogP contribution in [0.4, 0.5) is 0 Å². The van der Waals surface area contributed by atoms with Gasteiger partial charge < -0.3 is 24.3 Å². The molecule has 0 unspecified atom stereocenters. The summed E-state index contributed by atoms with van der Waals surface area (Å²) in [4.78, 5) is 24.7. The maximum atomic E-state index is 12.5. The molecule has 144 valence electrons. The van der Waals surface area contributed by atoms with E-state index < -0.39 is 24.1 Å². The molecule has 0 spiro atoms. The number of carbonyl (C=O) groups is 2. The zero-order valence-corrected chi connectivity index (χ0v) is 15.5. The maximum Gasteiger partial charge on any atom is 0.338 e. The minimum Gasteiger partial charge on any atom is -0.468 e. The summed E-state index contributed by atoms with van der Waals surface area (Å²) in [5.74, 6) is -0.486. The molecule has 2 rings (SSSR count).